The molecule has 1 fully saturated rings. The molecule has 3 N–H and O–H groups in total. The molecule has 0 aromatic carbocycles. The zero-order chi connectivity index (χ0) is 13.8. The van der Waals surface area contributed by atoms with Gasteiger partial charge in [-0.25, -0.2) is 4.68 Å². The summed E-state index contributed by atoms with van der Waals surface area (Å²) in [7, 11) is 0. The van der Waals surface area contributed by atoms with Crippen molar-refractivity contribution in [1.29, 1.82) is 0 Å². The van der Waals surface area contributed by atoms with Crippen LogP contribution in [0, 0.1) is 11.8 Å². The highest BCUT2D eigenvalue weighted by atomic mass is 16.1. The highest BCUT2D eigenvalue weighted by Crippen LogP contribution is 2.27. The van der Waals surface area contributed by atoms with Crippen LogP contribution in [-0.4, -0.2) is 21.7 Å². The number of anilines is 1. The largest absolute Gasteiger partial charge is 0.327 e. The number of rotatable bonds is 5. The summed E-state index contributed by atoms with van der Waals surface area (Å²) in [5.41, 5.74) is 6.00. The Morgan fingerprint density at radius 2 is 2.37 bits per heavy atom. The molecule has 0 saturated heterocycles. The topological polar surface area (TPSA) is 72.9 Å². The van der Waals surface area contributed by atoms with Crippen molar-refractivity contribution in [2.24, 2.45) is 17.6 Å². The zero-order valence-corrected chi connectivity index (χ0v) is 11.8. The first-order valence-electron chi connectivity index (χ1n) is 7.13. The van der Waals surface area contributed by atoms with Gasteiger partial charge in [-0.1, -0.05) is 20.3 Å². The number of aromatic nitrogens is 2. The summed E-state index contributed by atoms with van der Waals surface area (Å²) < 4.78 is 1.84. The second-order valence-electron chi connectivity index (χ2n) is 5.90. The molecule has 1 amide bonds. The van der Waals surface area contributed by atoms with Crippen molar-refractivity contribution in [2.75, 3.05) is 5.32 Å². The van der Waals surface area contributed by atoms with E-state index in [1.54, 1.807) is 6.20 Å². The third kappa shape index (κ3) is 3.80. The molecule has 0 bridgehead atoms. The van der Waals surface area contributed by atoms with Gasteiger partial charge in [0.2, 0.25) is 5.91 Å². The molecule has 5 heteroatoms. The maximum Gasteiger partial charge on any atom is 0.225 e. The van der Waals surface area contributed by atoms with Crippen molar-refractivity contribution in [3.05, 3.63) is 12.3 Å². The molecule has 1 aliphatic rings. The predicted octanol–water partition coefficient (Wildman–Crippen LogP) is 2.00. The lowest BCUT2D eigenvalue weighted by atomic mass is 10.00. The Kier molecular flexibility index (Phi) is 4.58. The van der Waals surface area contributed by atoms with Crippen LogP contribution in [0.2, 0.25) is 0 Å². The van der Waals surface area contributed by atoms with Crippen LogP contribution >= 0.6 is 0 Å². The van der Waals surface area contributed by atoms with E-state index in [1.807, 2.05) is 10.7 Å². The number of hydrogen-bond acceptors (Lipinski definition) is 3. The Labute approximate surface area is 114 Å². The Morgan fingerprint density at radius 3 is 3.00 bits per heavy atom. The Morgan fingerprint density at radius 1 is 1.58 bits per heavy atom. The van der Waals surface area contributed by atoms with E-state index in [4.69, 9.17) is 5.73 Å². The van der Waals surface area contributed by atoms with Gasteiger partial charge in [-0.05, 0) is 24.7 Å². The van der Waals surface area contributed by atoms with E-state index in [1.165, 1.54) is 0 Å². The van der Waals surface area contributed by atoms with Gasteiger partial charge < -0.3 is 11.1 Å². The molecule has 1 heterocycles. The molecule has 1 aliphatic carbocycles. The van der Waals surface area contributed by atoms with Crippen LogP contribution in [0.1, 0.15) is 39.5 Å². The summed E-state index contributed by atoms with van der Waals surface area (Å²) in [5, 5.41) is 7.18. The van der Waals surface area contributed by atoms with E-state index in [9.17, 15) is 4.79 Å². The average Bonchev–Trinajstić information content (AvgIpc) is 2.90. The van der Waals surface area contributed by atoms with Gasteiger partial charge in [0.15, 0.2) is 0 Å². The minimum absolute atomic E-state index is 0.0489. The van der Waals surface area contributed by atoms with Gasteiger partial charge in [0, 0.05) is 25.1 Å². The van der Waals surface area contributed by atoms with E-state index in [-0.39, 0.29) is 11.9 Å². The molecule has 5 nitrogen and oxygen atoms in total. The molecule has 106 valence electrons. The van der Waals surface area contributed by atoms with Crippen molar-refractivity contribution < 1.29 is 4.79 Å². The molecule has 0 radical (unpaired) electrons. The first-order valence-corrected chi connectivity index (χ1v) is 7.13. The summed E-state index contributed by atoms with van der Waals surface area (Å²) in [5.74, 6) is 1.67. The molecule has 1 aromatic heterocycles. The quantitative estimate of drug-likeness (QED) is 0.854. The highest BCUT2D eigenvalue weighted by molar-refractivity contribution is 5.90. The van der Waals surface area contributed by atoms with Gasteiger partial charge in [-0.15, -0.1) is 0 Å². The third-order valence-corrected chi connectivity index (χ3v) is 3.69. The van der Waals surface area contributed by atoms with Crippen LogP contribution in [0.3, 0.4) is 0 Å². The molecular formula is C14H24N4O. The van der Waals surface area contributed by atoms with E-state index < -0.39 is 0 Å². The predicted molar refractivity (Wildman–Crippen MR) is 75.6 cm³/mol. The SMILES string of the molecule is CC(C)Cn1nccc1NC(=O)C[C@@H]1CCC[C@H]1N. The number of carbonyl (C=O) groups excluding carboxylic acids is 1. The van der Waals surface area contributed by atoms with E-state index in [0.717, 1.165) is 31.6 Å². The second kappa shape index (κ2) is 6.19. The standard InChI is InChI=1S/C14H24N4O/c1-10(2)9-18-13(6-7-16-18)17-14(19)8-11-4-3-5-12(11)15/h6-7,10-12H,3-5,8-9,15H2,1-2H3,(H,17,19)/t11-,12+/m0/s1. The number of carbonyl (C=O) groups is 1. The minimum atomic E-state index is 0.0489. The lowest BCUT2D eigenvalue weighted by Crippen LogP contribution is -2.28. The summed E-state index contributed by atoms with van der Waals surface area (Å²) >= 11 is 0. The summed E-state index contributed by atoms with van der Waals surface area (Å²) in [6.45, 7) is 5.07. The number of amides is 1. The van der Waals surface area contributed by atoms with Crippen molar-refractivity contribution in [3.63, 3.8) is 0 Å². The van der Waals surface area contributed by atoms with Crippen LogP contribution in [-0.2, 0) is 11.3 Å². The summed E-state index contributed by atoms with van der Waals surface area (Å²) in [6.07, 6.45) is 5.50. The van der Waals surface area contributed by atoms with Crippen LogP contribution in [0.4, 0.5) is 5.82 Å². The second-order valence-corrected chi connectivity index (χ2v) is 5.90. The first kappa shape index (κ1) is 14.1. The number of hydrogen-bond donors (Lipinski definition) is 2. The minimum Gasteiger partial charge on any atom is -0.327 e. The maximum atomic E-state index is 12.0. The Balaban J connectivity index is 1.90. The monoisotopic (exact) mass is 264 g/mol. The molecule has 1 saturated carbocycles. The van der Waals surface area contributed by atoms with E-state index >= 15 is 0 Å². The fourth-order valence-electron chi connectivity index (χ4n) is 2.68. The van der Waals surface area contributed by atoms with Crippen molar-refractivity contribution >= 4 is 11.7 Å². The average molecular weight is 264 g/mol. The molecular weight excluding hydrogens is 240 g/mol. The number of nitrogens with zero attached hydrogens (tertiary/aromatic N) is 2. The van der Waals surface area contributed by atoms with Gasteiger partial charge in [0.1, 0.15) is 5.82 Å². The van der Waals surface area contributed by atoms with Gasteiger partial charge >= 0.3 is 0 Å². The van der Waals surface area contributed by atoms with Gasteiger partial charge in [0.05, 0.1) is 6.20 Å². The highest BCUT2D eigenvalue weighted by Gasteiger charge is 2.26. The number of nitrogens with two attached hydrogens (primary N) is 1. The summed E-state index contributed by atoms with van der Waals surface area (Å²) in [6, 6.07) is 2.03. The van der Waals surface area contributed by atoms with Gasteiger partial charge in [0.25, 0.3) is 0 Å². The molecule has 0 unspecified atom stereocenters. The fraction of sp³-hybridized carbons (Fsp3) is 0.714. The summed E-state index contributed by atoms with van der Waals surface area (Å²) in [4.78, 5) is 12.0. The lowest BCUT2D eigenvalue weighted by Gasteiger charge is -2.15. The van der Waals surface area contributed by atoms with Gasteiger partial charge in [-0.3, -0.25) is 4.79 Å². The van der Waals surface area contributed by atoms with Crippen LogP contribution in [0.5, 0.6) is 0 Å². The van der Waals surface area contributed by atoms with Crippen molar-refractivity contribution in [3.8, 4) is 0 Å². The van der Waals surface area contributed by atoms with Crippen molar-refractivity contribution in [2.45, 2.75) is 52.1 Å². The molecule has 0 aliphatic heterocycles. The zero-order valence-electron chi connectivity index (χ0n) is 11.8. The van der Waals surface area contributed by atoms with E-state index in [2.05, 4.69) is 24.3 Å². The van der Waals surface area contributed by atoms with Crippen molar-refractivity contribution in [1.82, 2.24) is 9.78 Å². The smallest absolute Gasteiger partial charge is 0.225 e. The first-order chi connectivity index (χ1) is 9.06. The van der Waals surface area contributed by atoms with E-state index in [0.29, 0.717) is 18.3 Å². The fourth-order valence-corrected chi connectivity index (χ4v) is 2.68. The Bertz CT molecular complexity index is 427. The molecule has 0 spiro atoms. The van der Waals surface area contributed by atoms with Crippen LogP contribution < -0.4 is 11.1 Å². The maximum absolute atomic E-state index is 12.0. The van der Waals surface area contributed by atoms with Crippen LogP contribution in [0.15, 0.2) is 12.3 Å². The molecule has 19 heavy (non-hydrogen) atoms. The normalized spacial score (nSPS) is 22.9. The van der Waals surface area contributed by atoms with Gasteiger partial charge in [-0.2, -0.15) is 5.10 Å². The molecule has 1 aromatic rings. The number of nitrogens with one attached hydrogen (secondary N) is 1. The lowest BCUT2D eigenvalue weighted by molar-refractivity contribution is -0.117. The molecule has 2 atom stereocenters. The van der Waals surface area contributed by atoms with Crippen LogP contribution in [0.25, 0.3) is 0 Å². The molecule has 2 rings (SSSR count). The Hall–Kier alpha value is -1.36. The third-order valence-electron chi connectivity index (χ3n) is 3.69.